The Hall–Kier alpha value is -1.98. The Labute approximate surface area is 66.3 Å². The normalized spacial score (nSPS) is 10.3. The number of nitrogens with one attached hydrogen (secondary N) is 1. The van der Waals surface area contributed by atoms with Crippen LogP contribution in [0.4, 0.5) is 0 Å². The minimum Gasteiger partial charge on any atom is -0.477 e. The highest BCUT2D eigenvalue weighted by molar-refractivity contribution is 5.90. The highest BCUT2D eigenvalue weighted by atomic mass is 16.4. The van der Waals surface area contributed by atoms with Crippen molar-refractivity contribution in [1.82, 2.24) is 20.2 Å². The van der Waals surface area contributed by atoms with Crippen molar-refractivity contribution in [3.05, 3.63) is 18.1 Å². The summed E-state index contributed by atoms with van der Waals surface area (Å²) in [5.74, 6) is -1.03. The van der Waals surface area contributed by atoms with Crippen LogP contribution in [0.1, 0.15) is 10.5 Å². The quantitative estimate of drug-likeness (QED) is 0.621. The average molecular weight is 164 g/mol. The number of aromatic carboxylic acids is 1. The first kappa shape index (κ1) is 6.71. The molecule has 0 unspecified atom stereocenters. The van der Waals surface area contributed by atoms with Crippen molar-refractivity contribution in [1.29, 1.82) is 0 Å². The van der Waals surface area contributed by atoms with E-state index in [4.69, 9.17) is 5.11 Å². The van der Waals surface area contributed by atoms with E-state index in [-0.39, 0.29) is 5.69 Å². The lowest BCUT2D eigenvalue weighted by Gasteiger charge is -1.82. The van der Waals surface area contributed by atoms with Crippen molar-refractivity contribution < 1.29 is 9.90 Å². The van der Waals surface area contributed by atoms with Gasteiger partial charge in [-0.25, -0.2) is 9.78 Å². The fourth-order valence-electron chi connectivity index (χ4n) is 0.894. The second-order valence-corrected chi connectivity index (χ2v) is 2.18. The molecule has 0 aliphatic rings. The van der Waals surface area contributed by atoms with Crippen LogP contribution in [0, 0.1) is 0 Å². The first-order chi connectivity index (χ1) is 5.77. The standard InChI is InChI=1S/C6H4N4O2/c11-6(12)4-1-3-5(9-4)7-2-8-10-3/h1-2H,(H,11,12)(H,7,8,9). The molecule has 0 aliphatic carbocycles. The highest BCUT2D eigenvalue weighted by Crippen LogP contribution is 2.07. The first-order valence-corrected chi connectivity index (χ1v) is 3.17. The zero-order valence-electron chi connectivity index (χ0n) is 5.85. The summed E-state index contributed by atoms with van der Waals surface area (Å²) in [7, 11) is 0. The van der Waals surface area contributed by atoms with Crippen LogP contribution in [0.5, 0.6) is 0 Å². The maximum atomic E-state index is 10.5. The third kappa shape index (κ3) is 0.895. The van der Waals surface area contributed by atoms with Gasteiger partial charge in [-0.15, -0.1) is 10.2 Å². The second-order valence-electron chi connectivity index (χ2n) is 2.18. The fraction of sp³-hybridized carbons (Fsp3) is 0. The number of aromatic nitrogens is 4. The molecule has 60 valence electrons. The van der Waals surface area contributed by atoms with Gasteiger partial charge in [0.2, 0.25) is 0 Å². The molecule has 0 fully saturated rings. The maximum absolute atomic E-state index is 10.5. The Morgan fingerprint density at radius 3 is 3.08 bits per heavy atom. The van der Waals surface area contributed by atoms with E-state index in [2.05, 4.69) is 20.2 Å². The Kier molecular flexibility index (Phi) is 1.26. The first-order valence-electron chi connectivity index (χ1n) is 3.17. The molecule has 0 spiro atoms. The number of hydrogen-bond donors (Lipinski definition) is 2. The van der Waals surface area contributed by atoms with Crippen LogP contribution in [0.2, 0.25) is 0 Å². The summed E-state index contributed by atoms with van der Waals surface area (Å²) in [6.07, 6.45) is 1.25. The van der Waals surface area contributed by atoms with Gasteiger partial charge in [-0.1, -0.05) is 0 Å². The minimum atomic E-state index is -1.03. The summed E-state index contributed by atoms with van der Waals surface area (Å²) in [6.45, 7) is 0. The largest absolute Gasteiger partial charge is 0.477 e. The topological polar surface area (TPSA) is 91.8 Å². The SMILES string of the molecule is O=C(O)c1cc2nncnc2[nH]1. The number of rotatable bonds is 1. The van der Waals surface area contributed by atoms with Gasteiger partial charge in [0, 0.05) is 6.07 Å². The van der Waals surface area contributed by atoms with E-state index in [1.807, 2.05) is 0 Å². The van der Waals surface area contributed by atoms with E-state index in [1.54, 1.807) is 0 Å². The molecule has 0 saturated heterocycles. The molecule has 0 bridgehead atoms. The van der Waals surface area contributed by atoms with Gasteiger partial charge in [0.05, 0.1) is 0 Å². The van der Waals surface area contributed by atoms with Crippen LogP contribution in [0.15, 0.2) is 12.4 Å². The Morgan fingerprint density at radius 1 is 1.58 bits per heavy atom. The van der Waals surface area contributed by atoms with E-state index < -0.39 is 5.97 Å². The lowest BCUT2D eigenvalue weighted by atomic mass is 10.4. The molecule has 2 aromatic heterocycles. The molecule has 6 heteroatoms. The highest BCUT2D eigenvalue weighted by Gasteiger charge is 2.07. The molecule has 0 radical (unpaired) electrons. The smallest absolute Gasteiger partial charge is 0.352 e. The van der Waals surface area contributed by atoms with Crippen molar-refractivity contribution in [3.8, 4) is 0 Å². The predicted molar refractivity (Wildman–Crippen MR) is 38.6 cm³/mol. The number of aromatic amines is 1. The van der Waals surface area contributed by atoms with Gasteiger partial charge in [0.15, 0.2) is 5.65 Å². The minimum absolute atomic E-state index is 0.0676. The van der Waals surface area contributed by atoms with Gasteiger partial charge in [-0.2, -0.15) is 0 Å². The summed E-state index contributed by atoms with van der Waals surface area (Å²) < 4.78 is 0. The van der Waals surface area contributed by atoms with Crippen LogP contribution in [-0.4, -0.2) is 31.2 Å². The molecule has 0 saturated carbocycles. The summed E-state index contributed by atoms with van der Waals surface area (Å²) >= 11 is 0. The number of carboxylic acids is 1. The summed E-state index contributed by atoms with van der Waals surface area (Å²) in [5, 5.41) is 15.8. The summed E-state index contributed by atoms with van der Waals surface area (Å²) in [5.41, 5.74) is 0.954. The van der Waals surface area contributed by atoms with Gasteiger partial charge < -0.3 is 10.1 Å². The molecular formula is C6H4N4O2. The number of H-pyrrole nitrogens is 1. The summed E-state index contributed by atoms with van der Waals surface area (Å²) in [6, 6.07) is 1.39. The van der Waals surface area contributed by atoms with Crippen molar-refractivity contribution in [2.24, 2.45) is 0 Å². The third-order valence-corrected chi connectivity index (χ3v) is 1.41. The molecule has 0 aliphatic heterocycles. The maximum Gasteiger partial charge on any atom is 0.352 e. The van der Waals surface area contributed by atoms with Gasteiger partial charge >= 0.3 is 5.97 Å². The molecule has 6 nitrogen and oxygen atoms in total. The average Bonchev–Trinajstić information content (AvgIpc) is 2.46. The number of hydrogen-bond acceptors (Lipinski definition) is 4. The van der Waals surface area contributed by atoms with Crippen molar-refractivity contribution in [2.75, 3.05) is 0 Å². The lowest BCUT2D eigenvalue weighted by molar-refractivity contribution is 0.0691. The molecule has 0 aromatic carbocycles. The number of nitrogens with zero attached hydrogens (tertiary/aromatic N) is 3. The fourth-order valence-corrected chi connectivity index (χ4v) is 0.894. The molecular weight excluding hydrogens is 160 g/mol. The van der Waals surface area contributed by atoms with E-state index in [0.717, 1.165) is 0 Å². The van der Waals surface area contributed by atoms with Crippen molar-refractivity contribution in [2.45, 2.75) is 0 Å². The van der Waals surface area contributed by atoms with Crippen LogP contribution < -0.4 is 0 Å². The van der Waals surface area contributed by atoms with Crippen molar-refractivity contribution in [3.63, 3.8) is 0 Å². The number of fused-ring (bicyclic) bond motifs is 1. The van der Waals surface area contributed by atoms with Gasteiger partial charge in [-0.3, -0.25) is 0 Å². The molecule has 2 rings (SSSR count). The van der Waals surface area contributed by atoms with E-state index in [1.165, 1.54) is 12.4 Å². The van der Waals surface area contributed by atoms with Gasteiger partial charge in [0.25, 0.3) is 0 Å². The zero-order valence-corrected chi connectivity index (χ0v) is 5.85. The molecule has 2 heterocycles. The van der Waals surface area contributed by atoms with Crippen molar-refractivity contribution >= 4 is 17.1 Å². The molecule has 12 heavy (non-hydrogen) atoms. The second kappa shape index (κ2) is 2.26. The van der Waals surface area contributed by atoms with Crippen LogP contribution in [-0.2, 0) is 0 Å². The molecule has 0 atom stereocenters. The zero-order chi connectivity index (χ0) is 8.55. The van der Waals surface area contributed by atoms with E-state index in [0.29, 0.717) is 11.2 Å². The third-order valence-electron chi connectivity index (χ3n) is 1.41. The molecule has 2 N–H and O–H groups in total. The van der Waals surface area contributed by atoms with Crippen LogP contribution in [0.25, 0.3) is 11.2 Å². The van der Waals surface area contributed by atoms with Gasteiger partial charge in [0.1, 0.15) is 17.5 Å². The lowest BCUT2D eigenvalue weighted by Crippen LogP contribution is -1.94. The number of carboxylic acid groups (broad SMARTS) is 1. The van der Waals surface area contributed by atoms with E-state index >= 15 is 0 Å². The monoisotopic (exact) mass is 164 g/mol. The Morgan fingerprint density at radius 2 is 2.42 bits per heavy atom. The Balaban J connectivity index is 2.70. The van der Waals surface area contributed by atoms with E-state index in [9.17, 15) is 4.79 Å². The van der Waals surface area contributed by atoms with Crippen LogP contribution >= 0.6 is 0 Å². The summed E-state index contributed by atoms with van der Waals surface area (Å²) in [4.78, 5) is 16.8. The van der Waals surface area contributed by atoms with Gasteiger partial charge in [-0.05, 0) is 0 Å². The van der Waals surface area contributed by atoms with Crippen LogP contribution in [0.3, 0.4) is 0 Å². The number of carbonyl (C=O) groups is 1. The predicted octanol–water partition coefficient (Wildman–Crippen LogP) is 0.0511. The molecule has 2 aromatic rings. The Bertz CT molecular complexity index is 403. The molecule has 0 amide bonds.